The van der Waals surface area contributed by atoms with Gasteiger partial charge in [0, 0.05) is 19.3 Å². The van der Waals surface area contributed by atoms with Crippen molar-refractivity contribution in [3.05, 3.63) is 0 Å². The zero-order valence-electron chi connectivity index (χ0n) is 42.2. The van der Waals surface area contributed by atoms with Gasteiger partial charge in [-0.2, -0.15) is 0 Å². The van der Waals surface area contributed by atoms with Crippen LogP contribution in [0.4, 0.5) is 0 Å². The van der Waals surface area contributed by atoms with Crippen LogP contribution in [0.5, 0.6) is 0 Å². The molecule has 0 saturated heterocycles. The van der Waals surface area contributed by atoms with E-state index in [0.29, 0.717) is 19.3 Å². The summed E-state index contributed by atoms with van der Waals surface area (Å²) >= 11 is 0. The molecule has 62 heavy (non-hydrogen) atoms. The highest BCUT2D eigenvalue weighted by atomic mass is 16.6. The van der Waals surface area contributed by atoms with Gasteiger partial charge in [-0.1, -0.05) is 284 Å². The smallest absolute Gasteiger partial charge is 0.306 e. The molecule has 0 aromatic heterocycles. The van der Waals surface area contributed by atoms with E-state index in [2.05, 4.69) is 20.8 Å². The van der Waals surface area contributed by atoms with Crippen LogP contribution in [0.15, 0.2) is 0 Å². The SMILES string of the molecule is CCCCCCCCCCCCCCCCCCCCC(=O)OC[C@H](COC(=O)CCCCCCCCCCCCCCC)OC(=O)CCCCCCCCCCCCCCC. The van der Waals surface area contributed by atoms with Gasteiger partial charge in [-0.05, 0) is 19.3 Å². The maximum atomic E-state index is 12.8. The first kappa shape index (κ1) is 60.4. The second kappa shape index (κ2) is 52.0. The predicted octanol–water partition coefficient (Wildman–Crippen LogP) is 18.4. The van der Waals surface area contributed by atoms with Crippen LogP contribution in [0.1, 0.15) is 323 Å². The Hall–Kier alpha value is -1.59. The van der Waals surface area contributed by atoms with Gasteiger partial charge in [-0.25, -0.2) is 0 Å². The summed E-state index contributed by atoms with van der Waals surface area (Å²) in [4.78, 5) is 38.0. The second-order valence-electron chi connectivity index (χ2n) is 19.2. The first-order valence-corrected chi connectivity index (χ1v) is 28.0. The molecule has 0 bridgehead atoms. The van der Waals surface area contributed by atoms with Gasteiger partial charge in [0.25, 0.3) is 0 Å². The highest BCUT2D eigenvalue weighted by Crippen LogP contribution is 2.17. The Labute approximate surface area is 387 Å². The van der Waals surface area contributed by atoms with Crippen LogP contribution in [0, 0.1) is 0 Å². The monoisotopic (exact) mass is 877 g/mol. The van der Waals surface area contributed by atoms with E-state index in [-0.39, 0.29) is 31.1 Å². The van der Waals surface area contributed by atoms with E-state index in [0.717, 1.165) is 57.8 Å². The molecular formula is C56H108O6. The van der Waals surface area contributed by atoms with E-state index >= 15 is 0 Å². The number of ether oxygens (including phenoxy) is 3. The number of esters is 3. The van der Waals surface area contributed by atoms with E-state index < -0.39 is 6.10 Å². The van der Waals surface area contributed by atoms with Gasteiger partial charge in [0.05, 0.1) is 0 Å². The summed E-state index contributed by atoms with van der Waals surface area (Å²) in [5.74, 6) is -0.835. The molecule has 1 atom stereocenters. The molecule has 6 heteroatoms. The number of hydrogen-bond acceptors (Lipinski definition) is 6. The minimum absolute atomic E-state index is 0.0613. The molecule has 0 amide bonds. The average Bonchev–Trinajstić information content (AvgIpc) is 3.27. The third-order valence-corrected chi connectivity index (χ3v) is 12.9. The Bertz CT molecular complexity index is 920. The molecule has 0 saturated carbocycles. The lowest BCUT2D eigenvalue weighted by atomic mass is 10.0. The zero-order chi connectivity index (χ0) is 45.1. The van der Waals surface area contributed by atoms with Crippen LogP contribution >= 0.6 is 0 Å². The molecule has 0 aliphatic carbocycles. The summed E-state index contributed by atoms with van der Waals surface area (Å²) in [6.45, 7) is 6.70. The Morgan fingerprint density at radius 1 is 0.258 bits per heavy atom. The number of carbonyl (C=O) groups excluding carboxylic acids is 3. The number of rotatable bonds is 52. The van der Waals surface area contributed by atoms with Crippen LogP contribution in [-0.2, 0) is 28.6 Å². The third kappa shape index (κ3) is 49.4. The predicted molar refractivity (Wildman–Crippen MR) is 266 cm³/mol. The average molecular weight is 877 g/mol. The number of carbonyl (C=O) groups is 3. The Kier molecular flexibility index (Phi) is 50.7. The van der Waals surface area contributed by atoms with E-state index in [1.54, 1.807) is 0 Å². The summed E-state index contributed by atoms with van der Waals surface area (Å²) < 4.78 is 16.9. The fourth-order valence-electron chi connectivity index (χ4n) is 8.62. The molecule has 0 aliphatic heterocycles. The molecule has 0 heterocycles. The number of hydrogen-bond donors (Lipinski definition) is 0. The molecule has 0 aliphatic rings. The van der Waals surface area contributed by atoms with Gasteiger partial charge in [0.1, 0.15) is 13.2 Å². The van der Waals surface area contributed by atoms with E-state index in [9.17, 15) is 14.4 Å². The molecule has 0 spiro atoms. The fourth-order valence-corrected chi connectivity index (χ4v) is 8.62. The maximum absolute atomic E-state index is 12.8. The largest absolute Gasteiger partial charge is 0.462 e. The van der Waals surface area contributed by atoms with Gasteiger partial charge in [-0.3, -0.25) is 14.4 Å². The van der Waals surface area contributed by atoms with Crippen LogP contribution in [-0.4, -0.2) is 37.2 Å². The summed E-state index contributed by atoms with van der Waals surface area (Å²) in [7, 11) is 0. The minimum atomic E-state index is -0.760. The lowest BCUT2D eigenvalue weighted by Crippen LogP contribution is -2.30. The van der Waals surface area contributed by atoms with Gasteiger partial charge >= 0.3 is 17.9 Å². The van der Waals surface area contributed by atoms with Crippen LogP contribution in [0.2, 0.25) is 0 Å². The lowest BCUT2D eigenvalue weighted by Gasteiger charge is -2.18. The van der Waals surface area contributed by atoms with Gasteiger partial charge in [-0.15, -0.1) is 0 Å². The fraction of sp³-hybridized carbons (Fsp3) is 0.946. The molecule has 0 rings (SSSR count). The van der Waals surface area contributed by atoms with Crippen molar-refractivity contribution < 1.29 is 28.6 Å². The first-order chi connectivity index (χ1) is 30.5. The van der Waals surface area contributed by atoms with Crippen molar-refractivity contribution in [2.45, 2.75) is 329 Å². The Balaban J connectivity index is 4.26. The Morgan fingerprint density at radius 2 is 0.435 bits per heavy atom. The zero-order valence-corrected chi connectivity index (χ0v) is 42.2. The van der Waals surface area contributed by atoms with Crippen LogP contribution < -0.4 is 0 Å². The standard InChI is InChI=1S/C56H108O6/c1-4-7-10-13-16-19-22-25-26-27-28-29-32-34-37-40-43-46-49-55(58)61-52-53(62-56(59)50-47-44-41-38-35-31-24-21-18-15-12-9-6-3)51-60-54(57)48-45-42-39-36-33-30-23-20-17-14-11-8-5-2/h53H,4-52H2,1-3H3/t53-/m0/s1. The van der Waals surface area contributed by atoms with Crippen LogP contribution in [0.25, 0.3) is 0 Å². The summed E-state index contributed by atoms with van der Waals surface area (Å²) in [6, 6.07) is 0. The highest BCUT2D eigenvalue weighted by molar-refractivity contribution is 5.71. The molecular weight excluding hydrogens is 769 g/mol. The maximum Gasteiger partial charge on any atom is 0.306 e. The van der Waals surface area contributed by atoms with E-state index in [4.69, 9.17) is 14.2 Å². The van der Waals surface area contributed by atoms with Gasteiger partial charge in [0.2, 0.25) is 0 Å². The lowest BCUT2D eigenvalue weighted by molar-refractivity contribution is -0.167. The number of unbranched alkanes of at least 4 members (excludes halogenated alkanes) is 41. The topological polar surface area (TPSA) is 78.9 Å². The molecule has 0 fully saturated rings. The van der Waals surface area contributed by atoms with Gasteiger partial charge < -0.3 is 14.2 Å². The molecule has 0 aromatic carbocycles. The molecule has 368 valence electrons. The quantitative estimate of drug-likeness (QED) is 0.0344. The van der Waals surface area contributed by atoms with Crippen molar-refractivity contribution in [2.24, 2.45) is 0 Å². The second-order valence-corrected chi connectivity index (χ2v) is 19.2. The third-order valence-electron chi connectivity index (χ3n) is 12.9. The Morgan fingerprint density at radius 3 is 0.645 bits per heavy atom. The van der Waals surface area contributed by atoms with Gasteiger partial charge in [0.15, 0.2) is 6.10 Å². The van der Waals surface area contributed by atoms with Crippen LogP contribution in [0.3, 0.4) is 0 Å². The molecule has 0 unspecified atom stereocenters. The normalized spacial score (nSPS) is 11.9. The van der Waals surface area contributed by atoms with E-state index in [1.165, 1.54) is 225 Å². The minimum Gasteiger partial charge on any atom is -0.462 e. The first-order valence-electron chi connectivity index (χ1n) is 28.0. The molecule has 0 aromatic rings. The van der Waals surface area contributed by atoms with Crippen molar-refractivity contribution in [3.8, 4) is 0 Å². The highest BCUT2D eigenvalue weighted by Gasteiger charge is 2.19. The summed E-state index contributed by atoms with van der Waals surface area (Å²) in [5.41, 5.74) is 0. The van der Waals surface area contributed by atoms with Crippen molar-refractivity contribution in [1.82, 2.24) is 0 Å². The van der Waals surface area contributed by atoms with Crippen molar-refractivity contribution in [2.75, 3.05) is 13.2 Å². The molecule has 0 radical (unpaired) electrons. The van der Waals surface area contributed by atoms with E-state index in [1.807, 2.05) is 0 Å². The van der Waals surface area contributed by atoms with Crippen molar-refractivity contribution in [3.63, 3.8) is 0 Å². The molecule has 6 nitrogen and oxygen atoms in total. The van der Waals surface area contributed by atoms with Crippen molar-refractivity contribution >= 4 is 17.9 Å². The summed E-state index contributed by atoms with van der Waals surface area (Å²) in [5, 5.41) is 0. The molecule has 0 N–H and O–H groups in total. The summed E-state index contributed by atoms with van der Waals surface area (Å²) in [6.07, 6.45) is 56.6. The van der Waals surface area contributed by atoms with Crippen molar-refractivity contribution in [1.29, 1.82) is 0 Å².